The van der Waals surface area contributed by atoms with Gasteiger partial charge < -0.3 is 9.84 Å². The van der Waals surface area contributed by atoms with E-state index in [4.69, 9.17) is 27.9 Å². The second kappa shape index (κ2) is 8.17. The molecule has 1 atom stereocenters. The lowest BCUT2D eigenvalue weighted by Gasteiger charge is -2.29. The Morgan fingerprint density at radius 1 is 1.24 bits per heavy atom. The van der Waals surface area contributed by atoms with Crippen molar-refractivity contribution < 1.29 is 32.2 Å². The van der Waals surface area contributed by atoms with Crippen molar-refractivity contribution in [1.29, 1.82) is 0 Å². The van der Waals surface area contributed by atoms with E-state index in [0.717, 1.165) is 10.7 Å². The van der Waals surface area contributed by atoms with E-state index >= 15 is 0 Å². The van der Waals surface area contributed by atoms with Crippen molar-refractivity contribution >= 4 is 34.8 Å². The number of carbonyl (C=O) groups excluding carboxylic acids is 1. The zero-order valence-corrected chi connectivity index (χ0v) is 15.8. The Balaban J connectivity index is 1.78. The Kier molecular flexibility index (Phi) is 6.01. The molecule has 2 aromatic rings. The highest BCUT2D eigenvalue weighted by molar-refractivity contribution is 6.37. The number of carbonyl (C=O) groups is 1. The number of hydrogen-bond donors (Lipinski definition) is 1. The molecule has 0 aliphatic carbocycles. The molecule has 3 rings (SSSR count). The van der Waals surface area contributed by atoms with Gasteiger partial charge in [-0.2, -0.15) is 15.2 Å². The lowest BCUT2D eigenvalue weighted by molar-refractivity contribution is -0.164. The third kappa shape index (κ3) is 4.16. The lowest BCUT2D eigenvalue weighted by Crippen LogP contribution is -2.51. The van der Waals surface area contributed by atoms with E-state index in [-0.39, 0.29) is 27.5 Å². The summed E-state index contributed by atoms with van der Waals surface area (Å²) in [4.78, 5) is 12.5. The van der Waals surface area contributed by atoms with Gasteiger partial charge in [-0.05, 0) is 18.2 Å². The number of benzene rings is 1. The monoisotopic (exact) mass is 454 g/mol. The Labute approximate surface area is 171 Å². The Morgan fingerprint density at radius 3 is 2.48 bits per heavy atom. The molecule has 1 aromatic carbocycles. The van der Waals surface area contributed by atoms with Crippen LogP contribution >= 0.6 is 23.2 Å². The van der Waals surface area contributed by atoms with E-state index in [1.165, 1.54) is 18.3 Å². The highest BCUT2D eigenvalue weighted by Gasteiger charge is 2.53. The SMILES string of the molecule is O=C(c1ccn(COc2c(Cl)cccc2Cl)n1)N1N=C(C(F)F)CC1(O)C(F)F. The number of amides is 1. The number of aliphatic hydroxyl groups is 1. The van der Waals surface area contributed by atoms with Crippen LogP contribution in [-0.4, -0.2) is 50.1 Å². The number of hydrogen-bond acceptors (Lipinski definition) is 5. The third-order valence-electron chi connectivity index (χ3n) is 3.95. The van der Waals surface area contributed by atoms with Crippen LogP contribution < -0.4 is 4.74 Å². The quantitative estimate of drug-likeness (QED) is 0.675. The highest BCUT2D eigenvalue weighted by atomic mass is 35.5. The number of hydrazone groups is 1. The molecule has 2 heterocycles. The molecule has 0 fully saturated rings. The van der Waals surface area contributed by atoms with Crippen molar-refractivity contribution in [2.24, 2.45) is 5.10 Å². The summed E-state index contributed by atoms with van der Waals surface area (Å²) in [6, 6.07) is 5.81. The van der Waals surface area contributed by atoms with Crippen molar-refractivity contribution in [3.05, 3.63) is 46.2 Å². The summed E-state index contributed by atoms with van der Waals surface area (Å²) in [5.74, 6) is -1.12. The van der Waals surface area contributed by atoms with Gasteiger partial charge in [0.15, 0.2) is 18.2 Å². The van der Waals surface area contributed by atoms with E-state index in [0.29, 0.717) is 0 Å². The number of halogens is 6. The molecule has 1 amide bonds. The first-order valence-electron chi connectivity index (χ1n) is 7.94. The summed E-state index contributed by atoms with van der Waals surface area (Å²) < 4.78 is 58.7. The topological polar surface area (TPSA) is 80.0 Å². The van der Waals surface area contributed by atoms with Crippen LogP contribution in [-0.2, 0) is 6.73 Å². The van der Waals surface area contributed by atoms with E-state index < -0.39 is 42.3 Å². The summed E-state index contributed by atoms with van der Waals surface area (Å²) in [6.07, 6.45) is -6.64. The van der Waals surface area contributed by atoms with Crippen LogP contribution in [0.3, 0.4) is 0 Å². The summed E-state index contributed by atoms with van der Waals surface area (Å²) in [6.45, 7) is -0.249. The van der Waals surface area contributed by atoms with Crippen molar-refractivity contribution in [2.45, 2.75) is 31.7 Å². The first-order chi connectivity index (χ1) is 13.6. The number of ether oxygens (including phenoxy) is 1. The lowest BCUT2D eigenvalue weighted by atomic mass is 10.1. The smallest absolute Gasteiger partial charge is 0.297 e. The molecule has 0 radical (unpaired) electrons. The maximum absolute atomic E-state index is 13.2. The summed E-state index contributed by atoms with van der Waals surface area (Å²) in [5.41, 5.74) is -4.64. The van der Waals surface area contributed by atoms with Crippen molar-refractivity contribution in [3.63, 3.8) is 0 Å². The molecule has 156 valence electrons. The van der Waals surface area contributed by atoms with Crippen molar-refractivity contribution in [3.8, 4) is 5.75 Å². The van der Waals surface area contributed by atoms with Gasteiger partial charge in [0, 0.05) is 12.6 Å². The van der Waals surface area contributed by atoms with Crippen LogP contribution in [0.1, 0.15) is 16.9 Å². The first-order valence-corrected chi connectivity index (χ1v) is 8.70. The largest absolute Gasteiger partial charge is 0.468 e. The highest BCUT2D eigenvalue weighted by Crippen LogP contribution is 2.34. The molecule has 1 aromatic heterocycles. The molecule has 0 bridgehead atoms. The maximum Gasteiger partial charge on any atom is 0.297 e. The molecule has 1 N–H and O–H groups in total. The average molecular weight is 455 g/mol. The standard InChI is InChI=1S/C16H12Cl2F4N4O3/c17-8-2-1-3-9(18)12(8)29-7-25-5-4-10(23-25)14(27)26-16(28,15(21)22)6-11(24-26)13(19)20/h1-5,13,15,28H,6-7H2. The molecule has 0 spiro atoms. The van der Waals surface area contributed by atoms with Gasteiger partial charge in [-0.25, -0.2) is 22.2 Å². The van der Waals surface area contributed by atoms with Crippen molar-refractivity contribution in [1.82, 2.24) is 14.8 Å². The van der Waals surface area contributed by atoms with Gasteiger partial charge in [0.25, 0.3) is 18.8 Å². The average Bonchev–Trinajstić information content (AvgIpc) is 3.26. The van der Waals surface area contributed by atoms with E-state index in [1.807, 2.05) is 0 Å². The van der Waals surface area contributed by atoms with Gasteiger partial charge >= 0.3 is 0 Å². The molecule has 0 saturated heterocycles. The number of rotatable bonds is 6. The fourth-order valence-electron chi connectivity index (χ4n) is 2.51. The zero-order valence-electron chi connectivity index (χ0n) is 14.3. The zero-order chi connectivity index (χ0) is 21.3. The minimum atomic E-state index is -3.53. The summed E-state index contributed by atoms with van der Waals surface area (Å²) in [7, 11) is 0. The van der Waals surface area contributed by atoms with Gasteiger partial charge in [0.2, 0.25) is 5.72 Å². The van der Waals surface area contributed by atoms with Crippen LogP contribution in [0.5, 0.6) is 5.75 Å². The van der Waals surface area contributed by atoms with E-state index in [2.05, 4.69) is 10.2 Å². The molecule has 13 heteroatoms. The fraction of sp³-hybridized carbons (Fsp3) is 0.312. The van der Waals surface area contributed by atoms with Crippen LogP contribution in [0.2, 0.25) is 10.0 Å². The second-order valence-corrected chi connectivity index (χ2v) is 6.74. The minimum Gasteiger partial charge on any atom is -0.468 e. The molecule has 7 nitrogen and oxygen atoms in total. The van der Waals surface area contributed by atoms with Gasteiger partial charge in [0.1, 0.15) is 5.71 Å². The Hall–Kier alpha value is -2.37. The van der Waals surface area contributed by atoms with Gasteiger partial charge in [-0.1, -0.05) is 29.3 Å². The van der Waals surface area contributed by atoms with Crippen LogP contribution in [0, 0.1) is 0 Å². The van der Waals surface area contributed by atoms with Crippen LogP contribution in [0.25, 0.3) is 0 Å². The fourth-order valence-corrected chi connectivity index (χ4v) is 3.02. The predicted molar refractivity (Wildman–Crippen MR) is 94.5 cm³/mol. The third-order valence-corrected chi connectivity index (χ3v) is 4.55. The Morgan fingerprint density at radius 2 is 1.90 bits per heavy atom. The van der Waals surface area contributed by atoms with Gasteiger partial charge in [-0.3, -0.25) is 4.79 Å². The number of aromatic nitrogens is 2. The predicted octanol–water partition coefficient (Wildman–Crippen LogP) is 3.65. The van der Waals surface area contributed by atoms with Gasteiger partial charge in [-0.15, -0.1) is 0 Å². The molecule has 29 heavy (non-hydrogen) atoms. The molecule has 0 saturated carbocycles. The van der Waals surface area contributed by atoms with Crippen LogP contribution in [0.4, 0.5) is 17.6 Å². The maximum atomic E-state index is 13.2. The number of nitrogens with zero attached hydrogens (tertiary/aromatic N) is 4. The van der Waals surface area contributed by atoms with Gasteiger partial charge in [0.05, 0.1) is 10.0 Å². The normalized spacial score (nSPS) is 19.2. The molecule has 1 aliphatic heterocycles. The molecular weight excluding hydrogens is 443 g/mol. The van der Waals surface area contributed by atoms with Crippen LogP contribution in [0.15, 0.2) is 35.6 Å². The summed E-state index contributed by atoms with van der Waals surface area (Å²) >= 11 is 11.9. The summed E-state index contributed by atoms with van der Waals surface area (Å²) in [5, 5.41) is 17.4. The second-order valence-electron chi connectivity index (χ2n) is 5.93. The van der Waals surface area contributed by atoms with E-state index in [1.54, 1.807) is 6.07 Å². The Bertz CT molecular complexity index is 936. The molecular formula is C16H12Cl2F4N4O3. The number of alkyl halides is 4. The minimum absolute atomic E-state index is 0.0718. The van der Waals surface area contributed by atoms with E-state index in [9.17, 15) is 27.5 Å². The first kappa shape index (κ1) is 21.3. The molecule has 1 unspecified atom stereocenters. The number of para-hydroxylation sites is 1. The van der Waals surface area contributed by atoms with Crippen molar-refractivity contribution in [2.75, 3.05) is 0 Å². The molecule has 1 aliphatic rings.